The molecule has 0 atom stereocenters. The van der Waals surface area contributed by atoms with E-state index in [-0.39, 0.29) is 0 Å². The molecule has 1 aliphatic rings. The maximum absolute atomic E-state index is 5.90. The van der Waals surface area contributed by atoms with E-state index in [1.165, 1.54) is 48.8 Å². The third-order valence-electron chi connectivity index (χ3n) is 4.19. The fraction of sp³-hybridized carbons (Fsp3) is 0.647. The highest BCUT2D eigenvalue weighted by Gasteiger charge is 2.12. The van der Waals surface area contributed by atoms with E-state index < -0.39 is 0 Å². The van der Waals surface area contributed by atoms with E-state index in [9.17, 15) is 0 Å². The van der Waals surface area contributed by atoms with Gasteiger partial charge in [-0.1, -0.05) is 25.3 Å². The summed E-state index contributed by atoms with van der Waals surface area (Å²) in [6.07, 6.45) is 6.85. The molecule has 1 N–H and O–H groups in total. The van der Waals surface area contributed by atoms with Crippen molar-refractivity contribution in [3.05, 3.63) is 28.8 Å². The molecule has 1 fully saturated rings. The number of hydrogen-bond acceptors (Lipinski definition) is 2. The van der Waals surface area contributed by atoms with E-state index >= 15 is 0 Å². The molecule has 1 saturated carbocycles. The number of aryl methyl sites for hydroxylation is 3. The molecule has 0 aromatic heterocycles. The molecule has 1 aromatic carbocycles. The predicted octanol–water partition coefficient (Wildman–Crippen LogP) is 3.91. The summed E-state index contributed by atoms with van der Waals surface area (Å²) in [5, 5.41) is 3.61. The van der Waals surface area contributed by atoms with Gasteiger partial charge in [0.15, 0.2) is 0 Å². The Morgan fingerprint density at radius 3 is 2.42 bits per heavy atom. The van der Waals surface area contributed by atoms with Crippen LogP contribution in [0.25, 0.3) is 0 Å². The summed E-state index contributed by atoms with van der Waals surface area (Å²) in [5.74, 6) is 1.04. The summed E-state index contributed by atoms with van der Waals surface area (Å²) in [6, 6.07) is 5.09. The van der Waals surface area contributed by atoms with E-state index in [1.807, 2.05) is 0 Å². The average Bonchev–Trinajstić information content (AvgIpc) is 2.41. The van der Waals surface area contributed by atoms with Gasteiger partial charge in [-0.2, -0.15) is 0 Å². The minimum atomic E-state index is 0.721. The van der Waals surface area contributed by atoms with Crippen LogP contribution < -0.4 is 10.1 Å². The number of nitrogens with one attached hydrogen (secondary N) is 1. The van der Waals surface area contributed by atoms with Crippen LogP contribution in [-0.4, -0.2) is 19.2 Å². The van der Waals surface area contributed by atoms with Gasteiger partial charge in [0, 0.05) is 12.6 Å². The fourth-order valence-corrected chi connectivity index (χ4v) is 2.82. The van der Waals surface area contributed by atoms with Crippen molar-refractivity contribution in [1.29, 1.82) is 0 Å². The van der Waals surface area contributed by atoms with Crippen LogP contribution in [-0.2, 0) is 0 Å². The minimum Gasteiger partial charge on any atom is -0.492 e. The van der Waals surface area contributed by atoms with Gasteiger partial charge < -0.3 is 10.1 Å². The predicted molar refractivity (Wildman–Crippen MR) is 81.0 cm³/mol. The van der Waals surface area contributed by atoms with Gasteiger partial charge in [0.25, 0.3) is 0 Å². The highest BCUT2D eigenvalue weighted by Crippen LogP contribution is 2.22. The molecular weight excluding hydrogens is 234 g/mol. The number of hydrogen-bond donors (Lipinski definition) is 1. The van der Waals surface area contributed by atoms with Gasteiger partial charge in [-0.3, -0.25) is 0 Å². The quantitative estimate of drug-likeness (QED) is 0.811. The summed E-state index contributed by atoms with van der Waals surface area (Å²) in [6.45, 7) is 8.13. The van der Waals surface area contributed by atoms with Gasteiger partial charge in [-0.15, -0.1) is 0 Å². The maximum atomic E-state index is 5.90. The lowest BCUT2D eigenvalue weighted by Crippen LogP contribution is -2.34. The minimum absolute atomic E-state index is 0.721. The first kappa shape index (κ1) is 14.4. The zero-order valence-electron chi connectivity index (χ0n) is 12.6. The van der Waals surface area contributed by atoms with Crippen molar-refractivity contribution in [1.82, 2.24) is 5.32 Å². The molecule has 0 heterocycles. The molecule has 0 unspecified atom stereocenters. The van der Waals surface area contributed by atoms with Crippen molar-refractivity contribution >= 4 is 0 Å². The molecule has 2 heteroatoms. The van der Waals surface area contributed by atoms with E-state index in [1.54, 1.807) is 0 Å². The third kappa shape index (κ3) is 4.24. The molecule has 19 heavy (non-hydrogen) atoms. The Balaban J connectivity index is 1.74. The fourth-order valence-electron chi connectivity index (χ4n) is 2.82. The lowest BCUT2D eigenvalue weighted by molar-refractivity contribution is 0.288. The molecule has 0 aliphatic heterocycles. The molecule has 0 spiro atoms. The molecule has 2 rings (SSSR count). The van der Waals surface area contributed by atoms with E-state index in [2.05, 4.69) is 38.2 Å². The maximum Gasteiger partial charge on any atom is 0.122 e. The van der Waals surface area contributed by atoms with E-state index in [4.69, 9.17) is 4.74 Å². The van der Waals surface area contributed by atoms with Gasteiger partial charge in [0.05, 0.1) is 0 Å². The molecule has 0 bridgehead atoms. The molecule has 0 radical (unpaired) electrons. The lowest BCUT2D eigenvalue weighted by Gasteiger charge is -2.23. The van der Waals surface area contributed by atoms with Gasteiger partial charge in [-0.25, -0.2) is 0 Å². The first-order valence-corrected chi connectivity index (χ1v) is 7.61. The number of rotatable bonds is 5. The Labute approximate surface area is 117 Å². The zero-order valence-corrected chi connectivity index (χ0v) is 12.6. The van der Waals surface area contributed by atoms with E-state index in [0.29, 0.717) is 0 Å². The highest BCUT2D eigenvalue weighted by molar-refractivity contribution is 5.40. The SMILES string of the molecule is Cc1cc(C)c(OCCNC2CCCCC2)cc1C. The van der Waals surface area contributed by atoms with Crippen molar-refractivity contribution in [2.75, 3.05) is 13.2 Å². The second-order valence-corrected chi connectivity index (χ2v) is 5.84. The van der Waals surface area contributed by atoms with Crippen molar-refractivity contribution in [3.63, 3.8) is 0 Å². The van der Waals surface area contributed by atoms with Crippen LogP contribution in [0.5, 0.6) is 5.75 Å². The van der Waals surface area contributed by atoms with Crippen molar-refractivity contribution in [2.24, 2.45) is 0 Å². The zero-order chi connectivity index (χ0) is 13.7. The summed E-state index contributed by atoms with van der Waals surface area (Å²) in [7, 11) is 0. The second kappa shape index (κ2) is 6.95. The average molecular weight is 261 g/mol. The lowest BCUT2D eigenvalue weighted by atomic mass is 9.96. The Bertz CT molecular complexity index is 408. The van der Waals surface area contributed by atoms with Crippen LogP contribution in [0.4, 0.5) is 0 Å². The Morgan fingerprint density at radius 2 is 1.68 bits per heavy atom. The van der Waals surface area contributed by atoms with Crippen LogP contribution >= 0.6 is 0 Å². The van der Waals surface area contributed by atoms with Crippen LogP contribution in [0.15, 0.2) is 12.1 Å². The normalized spacial score (nSPS) is 16.6. The monoisotopic (exact) mass is 261 g/mol. The summed E-state index contributed by atoms with van der Waals surface area (Å²) < 4.78 is 5.90. The summed E-state index contributed by atoms with van der Waals surface area (Å²) in [5.41, 5.74) is 3.88. The molecule has 1 aliphatic carbocycles. The Hall–Kier alpha value is -1.02. The van der Waals surface area contributed by atoms with Crippen molar-refractivity contribution in [3.8, 4) is 5.75 Å². The summed E-state index contributed by atoms with van der Waals surface area (Å²) >= 11 is 0. The largest absolute Gasteiger partial charge is 0.492 e. The second-order valence-electron chi connectivity index (χ2n) is 5.84. The Morgan fingerprint density at radius 1 is 1.00 bits per heavy atom. The first-order chi connectivity index (χ1) is 9.16. The molecule has 0 saturated heterocycles. The molecule has 1 aromatic rings. The summed E-state index contributed by atoms with van der Waals surface area (Å²) in [4.78, 5) is 0. The van der Waals surface area contributed by atoms with Gasteiger partial charge in [0.1, 0.15) is 12.4 Å². The van der Waals surface area contributed by atoms with E-state index in [0.717, 1.165) is 24.9 Å². The Kier molecular flexibility index (Phi) is 5.26. The van der Waals surface area contributed by atoms with Crippen LogP contribution in [0.3, 0.4) is 0 Å². The van der Waals surface area contributed by atoms with Crippen LogP contribution in [0, 0.1) is 20.8 Å². The van der Waals surface area contributed by atoms with Gasteiger partial charge in [-0.05, 0) is 56.4 Å². The van der Waals surface area contributed by atoms with Crippen LogP contribution in [0.1, 0.15) is 48.8 Å². The molecule has 106 valence electrons. The molecule has 2 nitrogen and oxygen atoms in total. The van der Waals surface area contributed by atoms with Crippen molar-refractivity contribution in [2.45, 2.75) is 58.9 Å². The topological polar surface area (TPSA) is 21.3 Å². The highest BCUT2D eigenvalue weighted by atomic mass is 16.5. The van der Waals surface area contributed by atoms with Gasteiger partial charge in [0.2, 0.25) is 0 Å². The van der Waals surface area contributed by atoms with Gasteiger partial charge >= 0.3 is 0 Å². The third-order valence-corrected chi connectivity index (χ3v) is 4.19. The molecule has 0 amide bonds. The standard InChI is InChI=1S/C17H27NO/c1-13-11-15(3)17(12-14(13)2)19-10-9-18-16-7-5-4-6-8-16/h11-12,16,18H,4-10H2,1-3H3. The van der Waals surface area contributed by atoms with Crippen LogP contribution in [0.2, 0.25) is 0 Å². The number of ether oxygens (including phenoxy) is 1. The first-order valence-electron chi connectivity index (χ1n) is 7.61. The number of benzene rings is 1. The smallest absolute Gasteiger partial charge is 0.122 e. The molecular formula is C17H27NO. The van der Waals surface area contributed by atoms with Crippen molar-refractivity contribution < 1.29 is 4.74 Å².